The van der Waals surface area contributed by atoms with Crippen molar-refractivity contribution in [3.8, 4) is 0 Å². The molecule has 3 heteroatoms. The summed E-state index contributed by atoms with van der Waals surface area (Å²) in [6.07, 6.45) is 0. The van der Waals surface area contributed by atoms with Crippen LogP contribution in [-0.2, 0) is 0 Å². The zero-order valence-corrected chi connectivity index (χ0v) is 6.87. The highest BCUT2D eigenvalue weighted by Crippen LogP contribution is 2.16. The number of para-hydroxylation sites is 1. The lowest BCUT2D eigenvalue weighted by Gasteiger charge is -1.90. The van der Waals surface area contributed by atoms with Gasteiger partial charge in [0.1, 0.15) is 0 Å². The highest BCUT2D eigenvalue weighted by atomic mass is 32.1. The van der Waals surface area contributed by atoms with E-state index in [1.807, 2.05) is 25.1 Å². The Kier molecular flexibility index (Phi) is 1.32. The van der Waals surface area contributed by atoms with Crippen LogP contribution in [0.2, 0.25) is 0 Å². The molecular weight excluding hydrogens is 158 g/mol. The van der Waals surface area contributed by atoms with Crippen LogP contribution in [0.1, 0.15) is 5.56 Å². The minimum absolute atomic E-state index is 0.0225. The quantitative estimate of drug-likeness (QED) is 0.635. The number of aromatic amines is 1. The van der Waals surface area contributed by atoms with E-state index >= 15 is 0 Å². The highest BCUT2D eigenvalue weighted by molar-refractivity contribution is 7.16. The summed E-state index contributed by atoms with van der Waals surface area (Å²) in [5, 5.41) is 0. The number of hydrogen-bond acceptors (Lipinski definition) is 2. The van der Waals surface area contributed by atoms with Gasteiger partial charge in [-0.15, -0.1) is 0 Å². The van der Waals surface area contributed by atoms with E-state index in [-0.39, 0.29) is 4.87 Å². The van der Waals surface area contributed by atoms with Crippen LogP contribution in [0, 0.1) is 6.92 Å². The first kappa shape index (κ1) is 6.61. The number of benzene rings is 1. The minimum Gasteiger partial charge on any atom is -0.312 e. The predicted octanol–water partition coefficient (Wildman–Crippen LogP) is 1.90. The number of fused-ring (bicyclic) bond motifs is 1. The van der Waals surface area contributed by atoms with Crippen molar-refractivity contribution in [3.63, 3.8) is 0 Å². The third-order valence-electron chi connectivity index (χ3n) is 1.66. The van der Waals surface area contributed by atoms with Crippen LogP contribution < -0.4 is 4.87 Å². The van der Waals surface area contributed by atoms with Gasteiger partial charge in [0.2, 0.25) is 0 Å². The van der Waals surface area contributed by atoms with Gasteiger partial charge in [-0.1, -0.05) is 23.5 Å². The summed E-state index contributed by atoms with van der Waals surface area (Å²) in [5.41, 5.74) is 2.10. The molecule has 1 aromatic carbocycles. The number of rotatable bonds is 0. The van der Waals surface area contributed by atoms with E-state index in [0.717, 1.165) is 15.8 Å². The standard InChI is InChI=1S/C8H7NOS/c1-5-3-2-4-6-7(5)9-8(10)11-6/h2-4H,1H3,(H,9,10). The maximum absolute atomic E-state index is 10.9. The van der Waals surface area contributed by atoms with E-state index in [4.69, 9.17) is 0 Å². The van der Waals surface area contributed by atoms with Gasteiger partial charge >= 0.3 is 4.87 Å². The Balaban J connectivity index is 3.01. The molecule has 2 nitrogen and oxygen atoms in total. The van der Waals surface area contributed by atoms with Crippen LogP contribution in [0.4, 0.5) is 0 Å². The van der Waals surface area contributed by atoms with Crippen LogP contribution in [0.3, 0.4) is 0 Å². The summed E-state index contributed by atoms with van der Waals surface area (Å²) in [7, 11) is 0. The second-order valence-electron chi connectivity index (χ2n) is 2.46. The van der Waals surface area contributed by atoms with Gasteiger partial charge in [-0.25, -0.2) is 0 Å². The molecule has 0 saturated heterocycles. The van der Waals surface area contributed by atoms with E-state index < -0.39 is 0 Å². The topological polar surface area (TPSA) is 32.9 Å². The predicted molar refractivity (Wildman–Crippen MR) is 47.2 cm³/mol. The van der Waals surface area contributed by atoms with Crippen molar-refractivity contribution < 1.29 is 0 Å². The molecule has 0 aliphatic carbocycles. The van der Waals surface area contributed by atoms with E-state index in [1.165, 1.54) is 11.3 Å². The van der Waals surface area contributed by atoms with Gasteiger partial charge in [0.15, 0.2) is 0 Å². The van der Waals surface area contributed by atoms with E-state index in [9.17, 15) is 4.79 Å². The van der Waals surface area contributed by atoms with Gasteiger partial charge in [-0.3, -0.25) is 4.79 Å². The van der Waals surface area contributed by atoms with Crippen LogP contribution in [-0.4, -0.2) is 4.98 Å². The van der Waals surface area contributed by atoms with Crippen molar-refractivity contribution in [1.82, 2.24) is 4.98 Å². The van der Waals surface area contributed by atoms with E-state index in [2.05, 4.69) is 4.98 Å². The summed E-state index contributed by atoms with van der Waals surface area (Å²) < 4.78 is 1.04. The van der Waals surface area contributed by atoms with Crippen LogP contribution >= 0.6 is 11.3 Å². The second-order valence-corrected chi connectivity index (χ2v) is 3.48. The summed E-state index contributed by atoms with van der Waals surface area (Å²) in [6, 6.07) is 5.90. The average molecular weight is 165 g/mol. The molecule has 1 heterocycles. The fourth-order valence-corrected chi connectivity index (χ4v) is 1.93. The number of hydrogen-bond donors (Lipinski definition) is 1. The minimum atomic E-state index is 0.0225. The van der Waals surface area contributed by atoms with Crippen molar-refractivity contribution >= 4 is 21.6 Å². The van der Waals surface area contributed by atoms with Crippen molar-refractivity contribution in [1.29, 1.82) is 0 Å². The average Bonchev–Trinajstić information content (AvgIpc) is 2.31. The summed E-state index contributed by atoms with van der Waals surface area (Å²) in [6.45, 7) is 1.99. The summed E-state index contributed by atoms with van der Waals surface area (Å²) >= 11 is 1.26. The van der Waals surface area contributed by atoms with Gasteiger partial charge < -0.3 is 4.98 Å². The Morgan fingerprint density at radius 2 is 2.27 bits per heavy atom. The zero-order chi connectivity index (χ0) is 7.84. The first-order valence-corrected chi connectivity index (χ1v) is 4.17. The van der Waals surface area contributed by atoms with Gasteiger partial charge in [0.25, 0.3) is 0 Å². The Hall–Kier alpha value is -1.09. The first-order valence-electron chi connectivity index (χ1n) is 3.36. The molecule has 0 aliphatic heterocycles. The van der Waals surface area contributed by atoms with Crippen LogP contribution in [0.25, 0.3) is 10.2 Å². The normalized spacial score (nSPS) is 10.6. The van der Waals surface area contributed by atoms with Gasteiger partial charge in [0.05, 0.1) is 10.2 Å². The molecular formula is C8H7NOS. The zero-order valence-electron chi connectivity index (χ0n) is 6.05. The maximum atomic E-state index is 10.9. The van der Waals surface area contributed by atoms with Crippen molar-refractivity contribution in [2.45, 2.75) is 6.92 Å². The molecule has 0 bridgehead atoms. The smallest absolute Gasteiger partial charge is 0.305 e. The summed E-state index contributed by atoms with van der Waals surface area (Å²) in [4.78, 5) is 13.7. The molecule has 0 fully saturated rings. The molecule has 56 valence electrons. The largest absolute Gasteiger partial charge is 0.312 e. The number of nitrogens with one attached hydrogen (secondary N) is 1. The lowest BCUT2D eigenvalue weighted by Crippen LogP contribution is -1.90. The number of aryl methyl sites for hydroxylation is 1. The molecule has 2 aromatic rings. The molecule has 0 aliphatic rings. The SMILES string of the molecule is Cc1cccc2sc(=O)[nH]c12. The van der Waals surface area contributed by atoms with Gasteiger partial charge in [0, 0.05) is 0 Å². The van der Waals surface area contributed by atoms with Crippen LogP contribution in [0.15, 0.2) is 23.0 Å². The van der Waals surface area contributed by atoms with Gasteiger partial charge in [-0.05, 0) is 18.6 Å². The molecule has 1 N–H and O–H groups in total. The molecule has 0 radical (unpaired) electrons. The second kappa shape index (κ2) is 2.20. The van der Waals surface area contributed by atoms with Crippen LogP contribution in [0.5, 0.6) is 0 Å². The lowest BCUT2D eigenvalue weighted by atomic mass is 10.2. The maximum Gasteiger partial charge on any atom is 0.305 e. The Labute approximate surface area is 67.5 Å². The Morgan fingerprint density at radius 3 is 3.00 bits per heavy atom. The molecule has 2 rings (SSSR count). The number of H-pyrrole nitrogens is 1. The molecule has 1 aromatic heterocycles. The van der Waals surface area contributed by atoms with Crippen molar-refractivity contribution in [2.75, 3.05) is 0 Å². The molecule has 0 saturated carbocycles. The molecule has 0 unspecified atom stereocenters. The van der Waals surface area contributed by atoms with E-state index in [1.54, 1.807) is 0 Å². The first-order chi connectivity index (χ1) is 5.27. The molecule has 0 spiro atoms. The third kappa shape index (κ3) is 0.973. The molecule has 0 amide bonds. The third-order valence-corrected chi connectivity index (χ3v) is 2.51. The fourth-order valence-electron chi connectivity index (χ4n) is 1.11. The highest BCUT2D eigenvalue weighted by Gasteiger charge is 1.99. The number of thiazole rings is 1. The Bertz CT molecular complexity index is 441. The van der Waals surface area contributed by atoms with Crippen molar-refractivity contribution in [2.24, 2.45) is 0 Å². The van der Waals surface area contributed by atoms with Gasteiger partial charge in [-0.2, -0.15) is 0 Å². The fraction of sp³-hybridized carbons (Fsp3) is 0.125. The lowest BCUT2D eigenvalue weighted by molar-refractivity contribution is 1.37. The monoisotopic (exact) mass is 165 g/mol. The molecule has 0 atom stereocenters. The summed E-state index contributed by atoms with van der Waals surface area (Å²) in [5.74, 6) is 0. The van der Waals surface area contributed by atoms with Crippen molar-refractivity contribution in [3.05, 3.63) is 33.4 Å². The molecule has 11 heavy (non-hydrogen) atoms. The number of aromatic nitrogens is 1. The Morgan fingerprint density at radius 1 is 1.45 bits per heavy atom. The van der Waals surface area contributed by atoms with E-state index in [0.29, 0.717) is 0 Å².